The molecular formula is C8H4N4O2. The molecule has 0 saturated carbocycles. The number of nitro groups is 1. The van der Waals surface area contributed by atoms with Crippen LogP contribution in [0.4, 0.5) is 11.5 Å². The van der Waals surface area contributed by atoms with E-state index >= 15 is 0 Å². The highest BCUT2D eigenvalue weighted by Crippen LogP contribution is 2.15. The van der Waals surface area contributed by atoms with Crippen LogP contribution in [0.3, 0.4) is 0 Å². The summed E-state index contributed by atoms with van der Waals surface area (Å²) in [5.41, 5.74) is 5.36. The van der Waals surface area contributed by atoms with Gasteiger partial charge in [-0.15, -0.1) is 0 Å². The van der Waals surface area contributed by atoms with Crippen LogP contribution in [-0.2, 0) is 0 Å². The first-order valence-corrected chi connectivity index (χ1v) is 3.45. The Balaban J connectivity index is 3.23. The topological polar surface area (TPSA) is 106 Å². The van der Waals surface area contributed by atoms with Crippen LogP contribution in [0, 0.1) is 33.3 Å². The van der Waals surface area contributed by atoms with E-state index in [2.05, 4.69) is 16.8 Å². The fourth-order valence-corrected chi connectivity index (χ4v) is 0.760. The summed E-state index contributed by atoms with van der Waals surface area (Å²) in [7, 11) is 0. The van der Waals surface area contributed by atoms with Gasteiger partial charge in [-0.2, -0.15) is 5.26 Å². The molecule has 0 atom stereocenters. The van der Waals surface area contributed by atoms with E-state index in [4.69, 9.17) is 11.0 Å². The maximum absolute atomic E-state index is 10.3. The predicted octanol–water partition coefficient (Wildman–Crippen LogP) is 0.447. The molecular weight excluding hydrogens is 184 g/mol. The van der Waals surface area contributed by atoms with Crippen LogP contribution in [0.2, 0.25) is 0 Å². The van der Waals surface area contributed by atoms with Crippen molar-refractivity contribution in [3.63, 3.8) is 0 Å². The van der Waals surface area contributed by atoms with Gasteiger partial charge in [-0.1, -0.05) is 0 Å². The van der Waals surface area contributed by atoms with E-state index in [1.54, 1.807) is 6.07 Å². The number of aromatic nitrogens is 1. The molecule has 0 unspecified atom stereocenters. The van der Waals surface area contributed by atoms with Crippen LogP contribution in [0.5, 0.6) is 0 Å². The number of nitriles is 1. The standard InChI is InChI=1S/C8H4N4O2/c9-3-1-2-6-4-7(12(13)14)5-11-8(6)10/h4-5H,(H2,10,11). The van der Waals surface area contributed by atoms with Gasteiger partial charge in [0, 0.05) is 12.0 Å². The first-order chi connectivity index (χ1) is 6.65. The third-order valence-electron chi connectivity index (χ3n) is 1.37. The molecule has 0 aliphatic rings. The normalized spacial score (nSPS) is 8.21. The van der Waals surface area contributed by atoms with E-state index < -0.39 is 4.92 Å². The summed E-state index contributed by atoms with van der Waals surface area (Å²) in [6.45, 7) is 0. The van der Waals surface area contributed by atoms with Crippen molar-refractivity contribution >= 4 is 11.5 Å². The summed E-state index contributed by atoms with van der Waals surface area (Å²) in [5.74, 6) is 4.51. The number of nitrogens with two attached hydrogens (primary N) is 1. The number of anilines is 1. The summed E-state index contributed by atoms with van der Waals surface area (Å²) < 4.78 is 0. The maximum atomic E-state index is 10.3. The van der Waals surface area contributed by atoms with Crippen molar-refractivity contribution in [3.8, 4) is 17.9 Å². The van der Waals surface area contributed by atoms with Crippen LogP contribution < -0.4 is 5.73 Å². The molecule has 1 aromatic rings. The van der Waals surface area contributed by atoms with Gasteiger partial charge in [0.2, 0.25) is 0 Å². The molecule has 6 heteroatoms. The SMILES string of the molecule is N#CC#Cc1cc([N+](=O)[O-])cnc1N. The number of hydrogen-bond donors (Lipinski definition) is 1. The first-order valence-electron chi connectivity index (χ1n) is 3.45. The molecule has 0 aromatic carbocycles. The average Bonchev–Trinajstić information content (AvgIpc) is 2.16. The minimum Gasteiger partial charge on any atom is -0.383 e. The van der Waals surface area contributed by atoms with Crippen molar-refractivity contribution in [1.29, 1.82) is 5.26 Å². The predicted molar refractivity (Wildman–Crippen MR) is 47.8 cm³/mol. The second-order valence-corrected chi connectivity index (χ2v) is 2.25. The zero-order valence-electron chi connectivity index (χ0n) is 6.89. The maximum Gasteiger partial charge on any atom is 0.288 e. The molecule has 0 aliphatic carbocycles. The van der Waals surface area contributed by atoms with Gasteiger partial charge in [-0.05, 0) is 5.92 Å². The van der Waals surface area contributed by atoms with Crippen molar-refractivity contribution < 1.29 is 4.92 Å². The van der Waals surface area contributed by atoms with Gasteiger partial charge < -0.3 is 5.73 Å². The van der Waals surface area contributed by atoms with Crippen molar-refractivity contribution in [2.75, 3.05) is 5.73 Å². The number of pyridine rings is 1. The lowest BCUT2D eigenvalue weighted by Crippen LogP contribution is -1.97. The lowest BCUT2D eigenvalue weighted by Gasteiger charge is -1.95. The number of nitrogens with zero attached hydrogens (tertiary/aromatic N) is 3. The molecule has 6 nitrogen and oxygen atoms in total. The Labute approximate surface area is 79.1 Å². The molecule has 0 spiro atoms. The zero-order chi connectivity index (χ0) is 10.6. The van der Waals surface area contributed by atoms with Gasteiger partial charge in [0.1, 0.15) is 12.0 Å². The lowest BCUT2D eigenvalue weighted by molar-refractivity contribution is -0.385. The largest absolute Gasteiger partial charge is 0.383 e. The van der Waals surface area contributed by atoms with Gasteiger partial charge in [-0.3, -0.25) is 10.1 Å². The number of hydrogen-bond acceptors (Lipinski definition) is 5. The number of nitrogen functional groups attached to an aromatic ring is 1. The Morgan fingerprint density at radius 2 is 2.36 bits per heavy atom. The smallest absolute Gasteiger partial charge is 0.288 e. The molecule has 68 valence electrons. The summed E-state index contributed by atoms with van der Waals surface area (Å²) >= 11 is 0. The van der Waals surface area contributed by atoms with E-state index in [1.165, 1.54) is 6.07 Å². The van der Waals surface area contributed by atoms with Crippen molar-refractivity contribution in [2.45, 2.75) is 0 Å². The molecule has 0 aliphatic heterocycles. The summed E-state index contributed by atoms with van der Waals surface area (Å²) in [6, 6.07) is 2.75. The highest BCUT2D eigenvalue weighted by atomic mass is 16.6. The quantitative estimate of drug-likeness (QED) is 0.391. The van der Waals surface area contributed by atoms with Crippen LogP contribution in [0.25, 0.3) is 0 Å². The molecule has 1 aromatic heterocycles. The molecule has 0 saturated heterocycles. The molecule has 0 fully saturated rings. The Morgan fingerprint density at radius 3 is 2.93 bits per heavy atom. The fraction of sp³-hybridized carbons (Fsp3) is 0. The summed E-state index contributed by atoms with van der Waals surface area (Å²) in [4.78, 5) is 13.3. The highest BCUT2D eigenvalue weighted by Gasteiger charge is 2.08. The molecule has 1 heterocycles. The third kappa shape index (κ3) is 1.96. The molecule has 0 radical (unpaired) electrons. The second kappa shape index (κ2) is 3.87. The van der Waals surface area contributed by atoms with E-state index in [-0.39, 0.29) is 17.1 Å². The Bertz CT molecular complexity index is 478. The van der Waals surface area contributed by atoms with E-state index in [1.807, 2.05) is 0 Å². The molecule has 0 amide bonds. The zero-order valence-corrected chi connectivity index (χ0v) is 6.89. The lowest BCUT2D eigenvalue weighted by atomic mass is 10.2. The summed E-state index contributed by atoms with van der Waals surface area (Å²) in [6.07, 6.45) is 1.03. The van der Waals surface area contributed by atoms with E-state index in [0.29, 0.717) is 0 Å². The summed E-state index contributed by atoms with van der Waals surface area (Å²) in [5, 5.41) is 18.5. The second-order valence-electron chi connectivity index (χ2n) is 2.25. The highest BCUT2D eigenvalue weighted by molar-refractivity contribution is 5.55. The fourth-order valence-electron chi connectivity index (χ4n) is 0.760. The minimum atomic E-state index is -0.607. The van der Waals surface area contributed by atoms with Crippen LogP contribution in [0.15, 0.2) is 12.3 Å². The average molecular weight is 188 g/mol. The molecule has 2 N–H and O–H groups in total. The Kier molecular flexibility index (Phi) is 2.63. The van der Waals surface area contributed by atoms with Gasteiger partial charge in [0.05, 0.1) is 10.5 Å². The van der Waals surface area contributed by atoms with Gasteiger partial charge in [0.25, 0.3) is 5.69 Å². The van der Waals surface area contributed by atoms with E-state index in [9.17, 15) is 10.1 Å². The van der Waals surface area contributed by atoms with Crippen LogP contribution in [-0.4, -0.2) is 9.91 Å². The Hall–Kier alpha value is -2.60. The minimum absolute atomic E-state index is 0.0679. The van der Waals surface area contributed by atoms with Gasteiger partial charge >= 0.3 is 0 Å². The Morgan fingerprint density at radius 1 is 1.64 bits per heavy atom. The van der Waals surface area contributed by atoms with Gasteiger partial charge in [-0.25, -0.2) is 4.98 Å². The molecule has 1 rings (SSSR count). The van der Waals surface area contributed by atoms with Gasteiger partial charge in [0.15, 0.2) is 6.07 Å². The van der Waals surface area contributed by atoms with Crippen LogP contribution in [0.1, 0.15) is 5.56 Å². The monoisotopic (exact) mass is 188 g/mol. The van der Waals surface area contributed by atoms with Crippen molar-refractivity contribution in [1.82, 2.24) is 4.98 Å². The van der Waals surface area contributed by atoms with E-state index in [0.717, 1.165) is 6.20 Å². The molecule has 14 heavy (non-hydrogen) atoms. The van der Waals surface area contributed by atoms with Crippen molar-refractivity contribution in [2.24, 2.45) is 0 Å². The third-order valence-corrected chi connectivity index (χ3v) is 1.37. The molecule has 0 bridgehead atoms. The van der Waals surface area contributed by atoms with Crippen LogP contribution >= 0.6 is 0 Å². The first kappa shape index (κ1) is 9.49. The number of rotatable bonds is 1. The van der Waals surface area contributed by atoms with Crippen molar-refractivity contribution in [3.05, 3.63) is 27.9 Å².